The van der Waals surface area contributed by atoms with Gasteiger partial charge in [0.25, 0.3) is 0 Å². The molecule has 260 valence electrons. The molecule has 5 heteroatoms. The minimum Gasteiger partial charge on any atom is -0.456 e. The van der Waals surface area contributed by atoms with Crippen LogP contribution in [-0.2, 0) is 5.41 Å². The van der Waals surface area contributed by atoms with Crippen LogP contribution in [0.5, 0.6) is 0 Å². The largest absolute Gasteiger partial charge is 0.456 e. The van der Waals surface area contributed by atoms with E-state index in [1.54, 1.807) is 6.07 Å². The van der Waals surface area contributed by atoms with E-state index in [2.05, 4.69) is 144 Å². The molecule has 0 saturated heterocycles. The molecule has 53 heavy (non-hydrogen) atoms. The maximum absolute atomic E-state index is 9.58. The van der Waals surface area contributed by atoms with E-state index < -0.39 is 0 Å². The van der Waals surface area contributed by atoms with Gasteiger partial charge in [0, 0.05) is 16.2 Å². The summed E-state index contributed by atoms with van der Waals surface area (Å²) in [6, 6.07) is 40.4. The molecule has 9 rings (SSSR count). The van der Waals surface area contributed by atoms with Crippen molar-refractivity contribution >= 4 is 54.9 Å². The van der Waals surface area contributed by atoms with E-state index in [9.17, 15) is 5.26 Å². The highest BCUT2D eigenvalue weighted by molar-refractivity contribution is 6.23. The Labute approximate surface area is 309 Å². The molecule has 0 unspecified atom stereocenters. The Morgan fingerprint density at radius 2 is 1.36 bits per heavy atom. The van der Waals surface area contributed by atoms with Gasteiger partial charge in [-0.25, -0.2) is 4.98 Å². The molecule has 3 heterocycles. The Morgan fingerprint density at radius 3 is 2.06 bits per heavy atom. The zero-order valence-electron chi connectivity index (χ0n) is 31.2. The van der Waals surface area contributed by atoms with Gasteiger partial charge in [0.1, 0.15) is 28.2 Å². The number of nitrogens with zero attached hydrogens (tertiary/aromatic N) is 3. The first-order valence-electron chi connectivity index (χ1n) is 18.5. The molecule has 0 saturated carbocycles. The van der Waals surface area contributed by atoms with Crippen LogP contribution in [0, 0.1) is 11.3 Å². The molecule has 0 amide bonds. The Kier molecular flexibility index (Phi) is 7.40. The number of aromatic nitrogens is 2. The number of para-hydroxylation sites is 2. The van der Waals surface area contributed by atoms with E-state index in [1.165, 1.54) is 33.5 Å². The van der Waals surface area contributed by atoms with Gasteiger partial charge in [-0.05, 0) is 106 Å². The second-order valence-electron chi connectivity index (χ2n) is 15.9. The van der Waals surface area contributed by atoms with E-state index in [4.69, 9.17) is 13.8 Å². The quantitative estimate of drug-likeness (QED) is 0.180. The zero-order valence-corrected chi connectivity index (χ0v) is 31.2. The average molecular weight is 692 g/mol. The van der Waals surface area contributed by atoms with E-state index in [0.717, 1.165) is 60.7 Å². The van der Waals surface area contributed by atoms with Crippen molar-refractivity contribution in [1.82, 2.24) is 9.55 Å². The van der Waals surface area contributed by atoms with Gasteiger partial charge >= 0.3 is 0 Å². The van der Waals surface area contributed by atoms with Crippen molar-refractivity contribution in [3.05, 3.63) is 131 Å². The van der Waals surface area contributed by atoms with Crippen LogP contribution in [0.3, 0.4) is 0 Å². The standard InChI is InChI=1S/C48H41N3O2/c1-27(2)35-24-31(30-13-9-8-10-14-30)25-36(28(3)4)44(35)51-39-16-12-11-15-38(39)50-47(51)34-19-21-37(48(5,6)7)42-33-20-22-40-43(45(33)53-46(34)42)32-18-17-29(26-49)23-41(32)52-40/h8-25,27-28H,1-7H3. The molecule has 0 spiro atoms. The van der Waals surface area contributed by atoms with Crippen LogP contribution in [0.4, 0.5) is 0 Å². The van der Waals surface area contributed by atoms with E-state index in [-0.39, 0.29) is 17.3 Å². The second kappa shape index (κ2) is 12.0. The molecule has 0 fully saturated rings. The lowest BCUT2D eigenvalue weighted by Gasteiger charge is -2.25. The number of furan rings is 2. The third-order valence-corrected chi connectivity index (χ3v) is 10.7. The number of benzene rings is 6. The minimum atomic E-state index is -0.161. The molecule has 0 bridgehead atoms. The fraction of sp³-hybridized carbons (Fsp3) is 0.208. The first-order chi connectivity index (χ1) is 25.5. The van der Waals surface area contributed by atoms with Gasteiger partial charge in [-0.3, -0.25) is 4.57 Å². The lowest BCUT2D eigenvalue weighted by Crippen LogP contribution is -2.12. The smallest absolute Gasteiger partial charge is 0.149 e. The topological polar surface area (TPSA) is 67.9 Å². The highest BCUT2D eigenvalue weighted by Gasteiger charge is 2.29. The summed E-state index contributed by atoms with van der Waals surface area (Å²) in [7, 11) is 0. The SMILES string of the molecule is CC(C)c1cc(-c2ccccc2)cc(C(C)C)c1-n1c(-c2ccc(C(C)(C)C)c3c2oc2c3ccc3oc4cc(C#N)ccc4c32)nc2ccccc21. The number of hydrogen-bond acceptors (Lipinski definition) is 4. The highest BCUT2D eigenvalue weighted by Crippen LogP contribution is 2.47. The van der Waals surface area contributed by atoms with Crippen molar-refractivity contribution < 1.29 is 8.83 Å². The third-order valence-electron chi connectivity index (χ3n) is 10.7. The number of nitriles is 1. The fourth-order valence-corrected chi connectivity index (χ4v) is 8.12. The van der Waals surface area contributed by atoms with Gasteiger partial charge in [-0.1, -0.05) is 97.0 Å². The van der Waals surface area contributed by atoms with Crippen molar-refractivity contribution in [3.8, 4) is 34.3 Å². The summed E-state index contributed by atoms with van der Waals surface area (Å²) in [4.78, 5) is 5.43. The summed E-state index contributed by atoms with van der Waals surface area (Å²) in [6.07, 6.45) is 0. The van der Waals surface area contributed by atoms with Crippen molar-refractivity contribution in [2.75, 3.05) is 0 Å². The Balaban J connectivity index is 1.41. The zero-order chi connectivity index (χ0) is 36.8. The lowest BCUT2D eigenvalue weighted by atomic mass is 9.83. The highest BCUT2D eigenvalue weighted by atomic mass is 16.3. The first kappa shape index (κ1) is 32.8. The molecule has 0 N–H and O–H groups in total. The maximum atomic E-state index is 9.58. The summed E-state index contributed by atoms with van der Waals surface area (Å²) >= 11 is 0. The van der Waals surface area contributed by atoms with Crippen LogP contribution in [0.25, 0.3) is 83.1 Å². The van der Waals surface area contributed by atoms with E-state index >= 15 is 0 Å². The van der Waals surface area contributed by atoms with Gasteiger partial charge in [0.05, 0.1) is 39.3 Å². The van der Waals surface area contributed by atoms with Crippen molar-refractivity contribution in [2.45, 2.75) is 65.7 Å². The van der Waals surface area contributed by atoms with Gasteiger partial charge in [0.2, 0.25) is 0 Å². The summed E-state index contributed by atoms with van der Waals surface area (Å²) in [6.45, 7) is 15.9. The molecule has 0 atom stereocenters. The molecule has 9 aromatic rings. The number of hydrogen-bond donors (Lipinski definition) is 0. The van der Waals surface area contributed by atoms with Crippen molar-refractivity contribution in [1.29, 1.82) is 5.26 Å². The monoisotopic (exact) mass is 691 g/mol. The summed E-state index contributed by atoms with van der Waals surface area (Å²) in [5, 5.41) is 13.5. The van der Waals surface area contributed by atoms with E-state index in [1.807, 2.05) is 18.2 Å². The minimum absolute atomic E-state index is 0.161. The normalized spacial score (nSPS) is 12.4. The van der Waals surface area contributed by atoms with Gasteiger partial charge in [-0.2, -0.15) is 5.26 Å². The molecule has 0 radical (unpaired) electrons. The number of fused-ring (bicyclic) bond motifs is 8. The molecule has 3 aromatic heterocycles. The first-order valence-corrected chi connectivity index (χ1v) is 18.5. The second-order valence-corrected chi connectivity index (χ2v) is 15.9. The molecular weight excluding hydrogens is 651 g/mol. The van der Waals surface area contributed by atoms with Crippen LogP contribution in [0.15, 0.2) is 118 Å². The average Bonchev–Trinajstić information content (AvgIpc) is 3.84. The molecule has 0 aliphatic heterocycles. The fourth-order valence-electron chi connectivity index (χ4n) is 8.12. The third kappa shape index (κ3) is 5.08. The van der Waals surface area contributed by atoms with Crippen LogP contribution in [0.1, 0.15) is 82.6 Å². The Hall–Kier alpha value is -6.12. The summed E-state index contributed by atoms with van der Waals surface area (Å²) in [5.74, 6) is 1.34. The summed E-state index contributed by atoms with van der Waals surface area (Å²) < 4.78 is 15.9. The van der Waals surface area contributed by atoms with Crippen LogP contribution < -0.4 is 0 Å². The molecule has 5 nitrogen and oxygen atoms in total. The van der Waals surface area contributed by atoms with E-state index in [0.29, 0.717) is 11.1 Å². The molecule has 0 aliphatic rings. The number of rotatable bonds is 5. The Morgan fingerprint density at radius 1 is 0.660 bits per heavy atom. The predicted octanol–water partition coefficient (Wildman–Crippen LogP) is 13.6. The summed E-state index contributed by atoms with van der Waals surface area (Å²) in [5.41, 5.74) is 13.7. The molecule has 0 aliphatic carbocycles. The van der Waals surface area contributed by atoms with Gasteiger partial charge < -0.3 is 8.83 Å². The van der Waals surface area contributed by atoms with Gasteiger partial charge in [0.15, 0.2) is 0 Å². The maximum Gasteiger partial charge on any atom is 0.149 e. The molecule has 6 aromatic carbocycles. The number of imidazole rings is 1. The lowest BCUT2D eigenvalue weighted by molar-refractivity contribution is 0.595. The van der Waals surface area contributed by atoms with Crippen LogP contribution >= 0.6 is 0 Å². The predicted molar refractivity (Wildman–Crippen MR) is 218 cm³/mol. The van der Waals surface area contributed by atoms with Crippen LogP contribution in [0.2, 0.25) is 0 Å². The van der Waals surface area contributed by atoms with Gasteiger partial charge in [-0.15, -0.1) is 0 Å². The van der Waals surface area contributed by atoms with Crippen LogP contribution in [-0.4, -0.2) is 9.55 Å². The molecular formula is C48H41N3O2. The van der Waals surface area contributed by atoms with Crippen molar-refractivity contribution in [2.24, 2.45) is 0 Å². The van der Waals surface area contributed by atoms with Crippen molar-refractivity contribution in [3.63, 3.8) is 0 Å². The Bertz CT molecular complexity index is 2910.